The van der Waals surface area contributed by atoms with Crippen LogP contribution in [0.15, 0.2) is 134 Å². The van der Waals surface area contributed by atoms with Gasteiger partial charge in [0.1, 0.15) is 5.82 Å². The zero-order chi connectivity index (χ0) is 28.5. The van der Waals surface area contributed by atoms with Crippen LogP contribution >= 0.6 is 0 Å². The molecule has 0 radical (unpaired) electrons. The summed E-state index contributed by atoms with van der Waals surface area (Å²) >= 11 is 0. The number of hydrogen-bond acceptors (Lipinski definition) is 2. The van der Waals surface area contributed by atoms with Crippen LogP contribution in [-0.2, 0) is 0 Å². The van der Waals surface area contributed by atoms with Crippen molar-refractivity contribution in [2.24, 2.45) is 0 Å². The van der Waals surface area contributed by atoms with Crippen molar-refractivity contribution in [3.8, 4) is 5.82 Å². The number of benzene rings is 6. The third-order valence-corrected chi connectivity index (χ3v) is 9.61. The summed E-state index contributed by atoms with van der Waals surface area (Å²) in [4.78, 5) is 10.1. The van der Waals surface area contributed by atoms with E-state index in [9.17, 15) is 0 Å². The Kier molecular flexibility index (Phi) is 4.04. The minimum Gasteiger partial charge on any atom is -0.308 e. The molecule has 0 spiro atoms. The molecule has 0 aliphatic rings. The molecule has 202 valence electrons. The highest BCUT2D eigenvalue weighted by Gasteiger charge is 2.24. The standard InChI is InChI=1S/C40H22N4/c1-2-9-26-21-33-30(20-25(26)8-1)37-36-28-12-4-6-14-32(28)43(34(36)22-29-27-11-3-5-13-31(27)44(33)40(29)37)35-18-17-24-16-15-23-10-7-19-41-38(23)39(24)42-35/h1-22H. The molecule has 0 N–H and O–H groups in total. The van der Waals surface area contributed by atoms with E-state index in [1.54, 1.807) is 0 Å². The molecular formula is C40H22N4. The highest BCUT2D eigenvalue weighted by atomic mass is 15.1. The Morgan fingerprint density at radius 2 is 1.14 bits per heavy atom. The van der Waals surface area contributed by atoms with Gasteiger partial charge in [0, 0.05) is 49.3 Å². The van der Waals surface area contributed by atoms with Crippen molar-refractivity contribution in [1.29, 1.82) is 0 Å². The summed E-state index contributed by atoms with van der Waals surface area (Å²) in [6.07, 6.45) is 1.85. The summed E-state index contributed by atoms with van der Waals surface area (Å²) < 4.78 is 4.84. The number of fused-ring (bicyclic) bond motifs is 14. The van der Waals surface area contributed by atoms with Gasteiger partial charge in [0.05, 0.1) is 38.6 Å². The van der Waals surface area contributed by atoms with E-state index in [4.69, 9.17) is 9.97 Å². The van der Waals surface area contributed by atoms with Crippen LogP contribution in [0.2, 0.25) is 0 Å². The molecule has 0 aliphatic carbocycles. The Morgan fingerprint density at radius 3 is 2.02 bits per heavy atom. The van der Waals surface area contributed by atoms with Crippen molar-refractivity contribution in [1.82, 2.24) is 18.9 Å². The van der Waals surface area contributed by atoms with Crippen LogP contribution in [0.25, 0.3) is 98.3 Å². The fourth-order valence-electron chi connectivity index (χ4n) is 7.78. The van der Waals surface area contributed by atoms with Gasteiger partial charge in [-0.05, 0) is 59.3 Å². The van der Waals surface area contributed by atoms with Gasteiger partial charge in [-0.2, -0.15) is 0 Å². The molecule has 0 atom stereocenters. The van der Waals surface area contributed by atoms with Gasteiger partial charge in [-0.15, -0.1) is 0 Å². The molecule has 4 heteroatoms. The van der Waals surface area contributed by atoms with Crippen LogP contribution in [0.3, 0.4) is 0 Å². The minimum absolute atomic E-state index is 0.897. The topological polar surface area (TPSA) is 35.1 Å². The van der Waals surface area contributed by atoms with Crippen molar-refractivity contribution in [2.75, 3.05) is 0 Å². The Bertz CT molecular complexity index is 3000. The highest BCUT2D eigenvalue weighted by Crippen LogP contribution is 2.47. The Balaban J connectivity index is 1.39. The summed E-state index contributed by atoms with van der Waals surface area (Å²) in [5.41, 5.74) is 7.93. The average molecular weight is 559 g/mol. The molecule has 5 heterocycles. The molecule has 0 bridgehead atoms. The Morgan fingerprint density at radius 1 is 0.432 bits per heavy atom. The van der Waals surface area contributed by atoms with E-state index in [1.165, 1.54) is 59.6 Å². The smallest absolute Gasteiger partial charge is 0.138 e. The van der Waals surface area contributed by atoms with E-state index in [1.807, 2.05) is 12.3 Å². The second-order valence-corrected chi connectivity index (χ2v) is 11.8. The lowest BCUT2D eigenvalue weighted by molar-refractivity contribution is 1.10. The maximum atomic E-state index is 5.33. The average Bonchev–Trinajstić information content (AvgIpc) is 3.71. The predicted molar refractivity (Wildman–Crippen MR) is 184 cm³/mol. The van der Waals surface area contributed by atoms with Crippen molar-refractivity contribution in [3.63, 3.8) is 0 Å². The molecule has 0 aliphatic heterocycles. The fourth-order valence-corrected chi connectivity index (χ4v) is 7.78. The predicted octanol–water partition coefficient (Wildman–Crippen LogP) is 10.2. The zero-order valence-corrected chi connectivity index (χ0v) is 23.5. The maximum Gasteiger partial charge on any atom is 0.138 e. The van der Waals surface area contributed by atoms with Crippen LogP contribution in [0, 0.1) is 0 Å². The molecule has 0 fully saturated rings. The van der Waals surface area contributed by atoms with Gasteiger partial charge in [0.2, 0.25) is 0 Å². The molecule has 0 saturated carbocycles. The molecule has 44 heavy (non-hydrogen) atoms. The number of aromatic nitrogens is 4. The summed E-state index contributed by atoms with van der Waals surface area (Å²) in [6.45, 7) is 0. The molecule has 4 nitrogen and oxygen atoms in total. The van der Waals surface area contributed by atoms with Gasteiger partial charge in [-0.1, -0.05) is 78.9 Å². The molecule has 5 aromatic heterocycles. The number of hydrogen-bond donors (Lipinski definition) is 0. The van der Waals surface area contributed by atoms with E-state index in [0.29, 0.717) is 0 Å². The van der Waals surface area contributed by atoms with Crippen LogP contribution in [0.1, 0.15) is 0 Å². The fraction of sp³-hybridized carbons (Fsp3) is 0. The summed E-state index contributed by atoms with van der Waals surface area (Å²) in [7, 11) is 0. The van der Waals surface area contributed by atoms with E-state index in [0.717, 1.165) is 38.7 Å². The first-order chi connectivity index (χ1) is 21.8. The van der Waals surface area contributed by atoms with Gasteiger partial charge in [-0.25, -0.2) is 4.98 Å². The third kappa shape index (κ3) is 2.69. The first-order valence-corrected chi connectivity index (χ1v) is 15.0. The third-order valence-electron chi connectivity index (χ3n) is 9.61. The van der Waals surface area contributed by atoms with Crippen LogP contribution in [0.4, 0.5) is 0 Å². The number of nitrogens with zero attached hydrogens (tertiary/aromatic N) is 4. The SMILES string of the molecule is c1ccc2cc3c(cc2c1)c1c2c4ccccc4n(-c4ccc5ccc6cccnc6c5n4)c2cc2c4ccccc4n3c21. The molecule has 11 rings (SSSR count). The quantitative estimate of drug-likeness (QED) is 0.188. The summed E-state index contributed by atoms with van der Waals surface area (Å²) in [5.74, 6) is 0.897. The van der Waals surface area contributed by atoms with E-state index in [-0.39, 0.29) is 0 Å². The van der Waals surface area contributed by atoms with Crippen molar-refractivity contribution < 1.29 is 0 Å². The Labute approximate surface area is 250 Å². The van der Waals surface area contributed by atoms with E-state index in [2.05, 4.69) is 130 Å². The van der Waals surface area contributed by atoms with E-state index < -0.39 is 0 Å². The molecular weight excluding hydrogens is 536 g/mol. The minimum atomic E-state index is 0.897. The largest absolute Gasteiger partial charge is 0.308 e. The molecule has 0 saturated heterocycles. The van der Waals surface area contributed by atoms with Gasteiger partial charge in [0.15, 0.2) is 0 Å². The number of rotatable bonds is 1. The van der Waals surface area contributed by atoms with Crippen molar-refractivity contribution in [2.45, 2.75) is 0 Å². The lowest BCUT2D eigenvalue weighted by Gasteiger charge is -2.10. The molecule has 11 aromatic rings. The summed E-state index contributed by atoms with van der Waals surface area (Å²) in [5, 5.41) is 12.3. The van der Waals surface area contributed by atoms with Crippen LogP contribution < -0.4 is 0 Å². The molecule has 6 aromatic carbocycles. The van der Waals surface area contributed by atoms with Gasteiger partial charge < -0.3 is 4.40 Å². The zero-order valence-electron chi connectivity index (χ0n) is 23.5. The van der Waals surface area contributed by atoms with Crippen molar-refractivity contribution >= 4 is 92.5 Å². The van der Waals surface area contributed by atoms with Crippen molar-refractivity contribution in [3.05, 3.63) is 134 Å². The molecule has 0 amide bonds. The van der Waals surface area contributed by atoms with E-state index >= 15 is 0 Å². The normalized spacial score (nSPS) is 12.5. The Hall–Kier alpha value is -6.00. The number of para-hydroxylation sites is 2. The van der Waals surface area contributed by atoms with Crippen LogP contribution in [-0.4, -0.2) is 18.9 Å². The lowest BCUT2D eigenvalue weighted by atomic mass is 10.0. The highest BCUT2D eigenvalue weighted by molar-refractivity contribution is 6.36. The first kappa shape index (κ1) is 22.6. The first-order valence-electron chi connectivity index (χ1n) is 15.0. The summed E-state index contributed by atoms with van der Waals surface area (Å²) in [6, 6.07) is 46.1. The second kappa shape index (κ2) is 7.88. The number of pyridine rings is 2. The second-order valence-electron chi connectivity index (χ2n) is 11.8. The van der Waals surface area contributed by atoms with Gasteiger partial charge in [0.25, 0.3) is 0 Å². The maximum absolute atomic E-state index is 5.33. The van der Waals surface area contributed by atoms with Gasteiger partial charge in [-0.3, -0.25) is 9.55 Å². The lowest BCUT2D eigenvalue weighted by Crippen LogP contribution is -1.98. The molecule has 0 unspecified atom stereocenters. The van der Waals surface area contributed by atoms with Gasteiger partial charge >= 0.3 is 0 Å². The van der Waals surface area contributed by atoms with Crippen LogP contribution in [0.5, 0.6) is 0 Å². The monoisotopic (exact) mass is 558 g/mol.